The fourth-order valence-electron chi connectivity index (χ4n) is 1.33. The summed E-state index contributed by atoms with van der Waals surface area (Å²) < 4.78 is 4.59. The molecular formula is C12H14ClNO3. The lowest BCUT2D eigenvalue weighted by molar-refractivity contribution is -0.142. The molecule has 1 N–H and O–H groups in total. The standard InChI is InChI=1S/C12H14ClNO3/c1-17-12(16)10(7-8-13)14-11(15)9-5-3-2-4-6-9/h2-6,10H,7-8H2,1H3,(H,14,15). The topological polar surface area (TPSA) is 55.4 Å². The molecule has 1 unspecified atom stereocenters. The Bertz CT molecular complexity index is 381. The van der Waals surface area contributed by atoms with Crippen LogP contribution >= 0.6 is 11.6 Å². The third-order valence-electron chi connectivity index (χ3n) is 2.22. The van der Waals surface area contributed by atoms with Gasteiger partial charge in [-0.2, -0.15) is 0 Å². The van der Waals surface area contributed by atoms with Crippen molar-refractivity contribution >= 4 is 23.5 Å². The summed E-state index contributed by atoms with van der Waals surface area (Å²) in [4.78, 5) is 23.2. The van der Waals surface area contributed by atoms with Crippen LogP contribution in [0.1, 0.15) is 16.8 Å². The fraction of sp³-hybridized carbons (Fsp3) is 0.333. The van der Waals surface area contributed by atoms with E-state index < -0.39 is 12.0 Å². The van der Waals surface area contributed by atoms with Gasteiger partial charge in [-0.15, -0.1) is 11.6 Å². The summed E-state index contributed by atoms with van der Waals surface area (Å²) in [7, 11) is 1.28. The highest BCUT2D eigenvalue weighted by molar-refractivity contribution is 6.18. The van der Waals surface area contributed by atoms with Crippen LogP contribution < -0.4 is 5.32 Å². The Morgan fingerprint density at radius 1 is 1.35 bits per heavy atom. The number of amides is 1. The van der Waals surface area contributed by atoms with E-state index in [4.69, 9.17) is 11.6 Å². The smallest absolute Gasteiger partial charge is 0.328 e. The van der Waals surface area contributed by atoms with Crippen LogP contribution in [0.25, 0.3) is 0 Å². The number of esters is 1. The molecular weight excluding hydrogens is 242 g/mol. The highest BCUT2D eigenvalue weighted by Gasteiger charge is 2.21. The normalized spacial score (nSPS) is 11.6. The van der Waals surface area contributed by atoms with E-state index in [1.54, 1.807) is 24.3 Å². The van der Waals surface area contributed by atoms with E-state index in [1.807, 2.05) is 6.07 Å². The quantitative estimate of drug-likeness (QED) is 0.642. The average Bonchev–Trinajstić information content (AvgIpc) is 2.38. The molecule has 0 radical (unpaired) electrons. The molecule has 1 atom stereocenters. The molecule has 0 aromatic heterocycles. The summed E-state index contributed by atoms with van der Waals surface area (Å²) in [6, 6.07) is 7.96. The third-order valence-corrected chi connectivity index (χ3v) is 2.44. The van der Waals surface area contributed by atoms with E-state index in [1.165, 1.54) is 7.11 Å². The molecule has 1 aromatic carbocycles. The van der Waals surface area contributed by atoms with Crippen LogP contribution in [0.4, 0.5) is 0 Å². The second-order valence-corrected chi connectivity index (χ2v) is 3.77. The molecule has 0 fully saturated rings. The molecule has 17 heavy (non-hydrogen) atoms. The van der Waals surface area contributed by atoms with Gasteiger partial charge < -0.3 is 10.1 Å². The van der Waals surface area contributed by atoms with E-state index in [0.29, 0.717) is 12.0 Å². The van der Waals surface area contributed by atoms with Gasteiger partial charge in [-0.1, -0.05) is 18.2 Å². The molecule has 1 amide bonds. The van der Waals surface area contributed by atoms with Crippen LogP contribution in [-0.4, -0.2) is 30.9 Å². The van der Waals surface area contributed by atoms with Crippen LogP contribution in [0.2, 0.25) is 0 Å². The third kappa shape index (κ3) is 4.07. The molecule has 1 rings (SSSR count). The second-order valence-electron chi connectivity index (χ2n) is 3.39. The first-order chi connectivity index (χ1) is 8.19. The van der Waals surface area contributed by atoms with E-state index in [9.17, 15) is 9.59 Å². The Balaban J connectivity index is 2.67. The van der Waals surface area contributed by atoms with Crippen LogP contribution in [0.3, 0.4) is 0 Å². The van der Waals surface area contributed by atoms with Gasteiger partial charge in [-0.25, -0.2) is 4.79 Å². The molecule has 0 saturated heterocycles. The summed E-state index contributed by atoms with van der Waals surface area (Å²) in [5.74, 6) is -0.532. The first kappa shape index (κ1) is 13.5. The number of nitrogens with one attached hydrogen (secondary N) is 1. The summed E-state index contributed by atoms with van der Waals surface area (Å²) in [5.41, 5.74) is 0.496. The number of carbonyl (C=O) groups excluding carboxylic acids is 2. The zero-order chi connectivity index (χ0) is 12.7. The zero-order valence-corrected chi connectivity index (χ0v) is 10.2. The maximum atomic E-state index is 11.8. The molecule has 0 heterocycles. The Morgan fingerprint density at radius 3 is 2.53 bits per heavy atom. The lowest BCUT2D eigenvalue weighted by Crippen LogP contribution is -2.41. The lowest BCUT2D eigenvalue weighted by Gasteiger charge is -2.15. The van der Waals surface area contributed by atoms with Gasteiger partial charge in [0, 0.05) is 11.4 Å². The van der Waals surface area contributed by atoms with Gasteiger partial charge >= 0.3 is 5.97 Å². The van der Waals surface area contributed by atoms with Gasteiger partial charge in [-0.05, 0) is 18.6 Å². The Labute approximate surface area is 105 Å². The highest BCUT2D eigenvalue weighted by Crippen LogP contribution is 2.02. The molecule has 0 bridgehead atoms. The van der Waals surface area contributed by atoms with Crippen molar-refractivity contribution in [2.45, 2.75) is 12.5 Å². The Morgan fingerprint density at radius 2 is 2.00 bits per heavy atom. The molecule has 0 spiro atoms. The first-order valence-electron chi connectivity index (χ1n) is 5.18. The number of hydrogen-bond acceptors (Lipinski definition) is 3. The molecule has 1 aromatic rings. The number of ether oxygens (including phenoxy) is 1. The van der Waals surface area contributed by atoms with Crippen molar-refractivity contribution < 1.29 is 14.3 Å². The second kappa shape index (κ2) is 6.91. The molecule has 0 saturated carbocycles. The van der Waals surface area contributed by atoms with Crippen molar-refractivity contribution in [3.05, 3.63) is 35.9 Å². The van der Waals surface area contributed by atoms with Crippen LogP contribution in [-0.2, 0) is 9.53 Å². The first-order valence-corrected chi connectivity index (χ1v) is 5.72. The lowest BCUT2D eigenvalue weighted by atomic mass is 10.1. The maximum absolute atomic E-state index is 11.8. The fourth-order valence-corrected chi connectivity index (χ4v) is 1.55. The molecule has 0 aliphatic rings. The van der Waals surface area contributed by atoms with E-state index in [0.717, 1.165) is 0 Å². The highest BCUT2D eigenvalue weighted by atomic mass is 35.5. The molecule has 4 nitrogen and oxygen atoms in total. The van der Waals surface area contributed by atoms with Crippen molar-refractivity contribution in [1.82, 2.24) is 5.32 Å². The van der Waals surface area contributed by atoms with Crippen molar-refractivity contribution in [1.29, 1.82) is 0 Å². The van der Waals surface area contributed by atoms with Gasteiger partial charge in [0.15, 0.2) is 0 Å². The minimum atomic E-state index is -0.704. The number of methoxy groups -OCH3 is 1. The average molecular weight is 256 g/mol. The van der Waals surface area contributed by atoms with Crippen molar-refractivity contribution in [2.75, 3.05) is 13.0 Å². The number of hydrogen-bond donors (Lipinski definition) is 1. The number of alkyl halides is 1. The van der Waals surface area contributed by atoms with Crippen LogP contribution in [0, 0.1) is 0 Å². The monoisotopic (exact) mass is 255 g/mol. The minimum absolute atomic E-state index is 0.273. The van der Waals surface area contributed by atoms with E-state index in [-0.39, 0.29) is 11.8 Å². The van der Waals surface area contributed by atoms with E-state index >= 15 is 0 Å². The number of halogens is 1. The SMILES string of the molecule is COC(=O)C(CCCl)NC(=O)c1ccccc1. The van der Waals surface area contributed by atoms with Gasteiger partial charge in [0.1, 0.15) is 6.04 Å². The van der Waals surface area contributed by atoms with Gasteiger partial charge in [-0.3, -0.25) is 4.79 Å². The summed E-state index contributed by atoms with van der Waals surface area (Å²) in [6.07, 6.45) is 0.340. The van der Waals surface area contributed by atoms with Gasteiger partial charge in [0.2, 0.25) is 0 Å². The Hall–Kier alpha value is -1.55. The largest absolute Gasteiger partial charge is 0.467 e. The Kier molecular flexibility index (Phi) is 5.49. The summed E-state index contributed by atoms with van der Waals surface area (Å²) >= 11 is 5.57. The molecule has 0 aliphatic carbocycles. The van der Waals surface area contributed by atoms with E-state index in [2.05, 4.69) is 10.1 Å². The molecule has 0 aliphatic heterocycles. The molecule has 5 heteroatoms. The number of carbonyl (C=O) groups is 2. The zero-order valence-electron chi connectivity index (χ0n) is 9.48. The van der Waals surface area contributed by atoms with Gasteiger partial charge in [0.25, 0.3) is 5.91 Å². The minimum Gasteiger partial charge on any atom is -0.467 e. The number of benzene rings is 1. The van der Waals surface area contributed by atoms with Crippen LogP contribution in [0.15, 0.2) is 30.3 Å². The van der Waals surface area contributed by atoms with Gasteiger partial charge in [0.05, 0.1) is 7.11 Å². The van der Waals surface area contributed by atoms with Crippen LogP contribution in [0.5, 0.6) is 0 Å². The number of rotatable bonds is 5. The predicted octanol–water partition coefficient (Wildman–Crippen LogP) is 1.59. The van der Waals surface area contributed by atoms with Crippen molar-refractivity contribution in [3.63, 3.8) is 0 Å². The molecule has 92 valence electrons. The summed E-state index contributed by atoms with van der Waals surface area (Å²) in [6.45, 7) is 0. The predicted molar refractivity (Wildman–Crippen MR) is 65.0 cm³/mol. The van der Waals surface area contributed by atoms with Crippen molar-refractivity contribution in [3.8, 4) is 0 Å². The maximum Gasteiger partial charge on any atom is 0.328 e. The van der Waals surface area contributed by atoms with Crippen molar-refractivity contribution in [2.24, 2.45) is 0 Å². The summed E-state index contributed by atoms with van der Waals surface area (Å²) in [5, 5.41) is 2.59.